The van der Waals surface area contributed by atoms with Gasteiger partial charge in [0.2, 0.25) is 0 Å². The highest BCUT2D eigenvalue weighted by atomic mass is 16.1. The minimum atomic E-state index is -0.0227. The van der Waals surface area contributed by atoms with E-state index in [9.17, 15) is 4.79 Å². The second-order valence-corrected chi connectivity index (χ2v) is 5.31. The number of aromatic nitrogens is 1. The average Bonchev–Trinajstić information content (AvgIpc) is 2.88. The molecule has 2 unspecified atom stereocenters. The van der Waals surface area contributed by atoms with Crippen molar-refractivity contribution in [1.29, 1.82) is 0 Å². The predicted molar refractivity (Wildman–Crippen MR) is 76.0 cm³/mol. The van der Waals surface area contributed by atoms with Gasteiger partial charge in [0.1, 0.15) is 0 Å². The van der Waals surface area contributed by atoms with E-state index in [1.54, 1.807) is 0 Å². The van der Waals surface area contributed by atoms with Crippen molar-refractivity contribution >= 4 is 16.8 Å². The summed E-state index contributed by atoms with van der Waals surface area (Å²) in [4.78, 5) is 15.4. The van der Waals surface area contributed by atoms with E-state index in [0.717, 1.165) is 30.2 Å². The fourth-order valence-corrected chi connectivity index (χ4v) is 2.79. The van der Waals surface area contributed by atoms with E-state index < -0.39 is 0 Å². The third-order valence-electron chi connectivity index (χ3n) is 3.95. The van der Waals surface area contributed by atoms with Crippen LogP contribution in [0.15, 0.2) is 30.5 Å². The van der Waals surface area contributed by atoms with Gasteiger partial charge in [0.05, 0.1) is 0 Å². The average molecular weight is 257 g/mol. The van der Waals surface area contributed by atoms with E-state index in [2.05, 4.69) is 10.3 Å². The molecule has 2 aromatic rings. The Hall–Kier alpha value is -1.81. The number of H-pyrrole nitrogens is 1. The molecule has 1 aliphatic carbocycles. The first-order valence-electron chi connectivity index (χ1n) is 6.87. The molecule has 1 aromatic heterocycles. The van der Waals surface area contributed by atoms with Crippen LogP contribution in [-0.4, -0.2) is 23.0 Å². The Morgan fingerprint density at radius 2 is 2.11 bits per heavy atom. The molecule has 0 spiro atoms. The molecule has 4 N–H and O–H groups in total. The van der Waals surface area contributed by atoms with E-state index in [1.807, 2.05) is 30.5 Å². The SMILES string of the molecule is NC1CCCCC1NC(=O)c1ccc2[nH]ccc2c1. The summed E-state index contributed by atoms with van der Waals surface area (Å²) >= 11 is 0. The van der Waals surface area contributed by atoms with Crippen molar-refractivity contribution in [2.24, 2.45) is 5.73 Å². The van der Waals surface area contributed by atoms with Crippen LogP contribution in [0.3, 0.4) is 0 Å². The van der Waals surface area contributed by atoms with Crippen molar-refractivity contribution in [3.05, 3.63) is 36.0 Å². The minimum absolute atomic E-state index is 0.0227. The first kappa shape index (κ1) is 12.2. The summed E-state index contributed by atoms with van der Waals surface area (Å²) in [6.45, 7) is 0. The van der Waals surface area contributed by atoms with Gasteiger partial charge in [0.15, 0.2) is 0 Å². The molecule has 0 radical (unpaired) electrons. The van der Waals surface area contributed by atoms with E-state index in [4.69, 9.17) is 5.73 Å². The summed E-state index contributed by atoms with van der Waals surface area (Å²) in [7, 11) is 0. The zero-order valence-electron chi connectivity index (χ0n) is 10.9. The molecule has 0 saturated heterocycles. The van der Waals surface area contributed by atoms with Crippen LogP contribution < -0.4 is 11.1 Å². The summed E-state index contributed by atoms with van der Waals surface area (Å²) in [5, 5.41) is 4.12. The zero-order chi connectivity index (χ0) is 13.2. The van der Waals surface area contributed by atoms with Gasteiger partial charge in [-0.3, -0.25) is 4.79 Å². The monoisotopic (exact) mass is 257 g/mol. The molecular formula is C15H19N3O. The molecule has 2 atom stereocenters. The van der Waals surface area contributed by atoms with Crippen LogP contribution in [0.1, 0.15) is 36.0 Å². The second-order valence-electron chi connectivity index (χ2n) is 5.31. The summed E-state index contributed by atoms with van der Waals surface area (Å²) < 4.78 is 0. The summed E-state index contributed by atoms with van der Waals surface area (Å²) in [5.41, 5.74) is 7.81. The maximum atomic E-state index is 12.2. The second kappa shape index (κ2) is 5.05. The number of rotatable bonds is 2. The molecule has 0 aliphatic heterocycles. The molecule has 0 bridgehead atoms. The van der Waals surface area contributed by atoms with Gasteiger partial charge >= 0.3 is 0 Å². The standard InChI is InChI=1S/C15H19N3O/c16-12-3-1-2-4-14(12)18-15(19)11-5-6-13-10(9-11)7-8-17-13/h5-9,12,14,17H,1-4,16H2,(H,18,19). The molecule has 1 amide bonds. The molecule has 1 aromatic carbocycles. The number of fused-ring (bicyclic) bond motifs is 1. The van der Waals surface area contributed by atoms with Crippen LogP contribution in [0.25, 0.3) is 10.9 Å². The van der Waals surface area contributed by atoms with Crippen molar-refractivity contribution < 1.29 is 4.79 Å². The highest BCUT2D eigenvalue weighted by molar-refractivity contribution is 5.98. The Kier molecular flexibility index (Phi) is 3.25. The van der Waals surface area contributed by atoms with E-state index in [1.165, 1.54) is 6.42 Å². The number of hydrogen-bond acceptors (Lipinski definition) is 2. The Morgan fingerprint density at radius 1 is 1.26 bits per heavy atom. The van der Waals surface area contributed by atoms with E-state index >= 15 is 0 Å². The highest BCUT2D eigenvalue weighted by Crippen LogP contribution is 2.18. The molecule has 4 heteroatoms. The quantitative estimate of drug-likeness (QED) is 0.771. The van der Waals surface area contributed by atoms with Crippen LogP contribution in [0.4, 0.5) is 0 Å². The number of aromatic amines is 1. The molecule has 19 heavy (non-hydrogen) atoms. The fraction of sp³-hybridized carbons (Fsp3) is 0.400. The molecule has 1 fully saturated rings. The van der Waals surface area contributed by atoms with Crippen LogP contribution in [0.5, 0.6) is 0 Å². The van der Waals surface area contributed by atoms with Gasteiger partial charge in [-0.05, 0) is 37.1 Å². The maximum absolute atomic E-state index is 12.2. The smallest absolute Gasteiger partial charge is 0.251 e. The predicted octanol–water partition coefficient (Wildman–Crippen LogP) is 2.17. The van der Waals surface area contributed by atoms with Crippen LogP contribution in [0.2, 0.25) is 0 Å². The first-order valence-corrected chi connectivity index (χ1v) is 6.87. The molecule has 1 aliphatic rings. The summed E-state index contributed by atoms with van der Waals surface area (Å²) in [5.74, 6) is -0.0227. The molecule has 100 valence electrons. The number of nitrogens with one attached hydrogen (secondary N) is 2. The van der Waals surface area contributed by atoms with Gasteiger partial charge in [0.25, 0.3) is 5.91 Å². The maximum Gasteiger partial charge on any atom is 0.251 e. The molecular weight excluding hydrogens is 238 g/mol. The minimum Gasteiger partial charge on any atom is -0.361 e. The largest absolute Gasteiger partial charge is 0.361 e. The van der Waals surface area contributed by atoms with E-state index in [-0.39, 0.29) is 18.0 Å². The zero-order valence-corrected chi connectivity index (χ0v) is 10.9. The van der Waals surface area contributed by atoms with Crippen molar-refractivity contribution in [3.8, 4) is 0 Å². The number of benzene rings is 1. The lowest BCUT2D eigenvalue weighted by Crippen LogP contribution is -2.49. The number of carbonyl (C=O) groups excluding carboxylic acids is 1. The summed E-state index contributed by atoms with van der Waals surface area (Å²) in [6.07, 6.45) is 6.18. The lowest BCUT2D eigenvalue weighted by molar-refractivity contribution is 0.0921. The number of nitrogens with two attached hydrogens (primary N) is 1. The lowest BCUT2D eigenvalue weighted by atomic mass is 9.91. The summed E-state index contributed by atoms with van der Waals surface area (Å²) in [6, 6.07) is 7.87. The number of carbonyl (C=O) groups is 1. The van der Waals surface area contributed by atoms with Crippen molar-refractivity contribution in [2.75, 3.05) is 0 Å². The Bertz CT molecular complexity index is 590. The number of hydrogen-bond donors (Lipinski definition) is 3. The molecule has 1 heterocycles. The Labute approximate surface area is 112 Å². The van der Waals surface area contributed by atoms with Crippen LogP contribution >= 0.6 is 0 Å². The van der Waals surface area contributed by atoms with Crippen LogP contribution in [0, 0.1) is 0 Å². The Balaban J connectivity index is 1.75. The molecule has 3 rings (SSSR count). The number of amides is 1. The fourth-order valence-electron chi connectivity index (χ4n) is 2.79. The topological polar surface area (TPSA) is 70.9 Å². The van der Waals surface area contributed by atoms with Gasteiger partial charge in [-0.25, -0.2) is 0 Å². The van der Waals surface area contributed by atoms with Gasteiger partial charge in [-0.15, -0.1) is 0 Å². The highest BCUT2D eigenvalue weighted by Gasteiger charge is 2.23. The first-order chi connectivity index (χ1) is 9.24. The van der Waals surface area contributed by atoms with Crippen LogP contribution in [-0.2, 0) is 0 Å². The van der Waals surface area contributed by atoms with Crippen molar-refractivity contribution in [1.82, 2.24) is 10.3 Å². The third-order valence-corrected chi connectivity index (χ3v) is 3.95. The van der Waals surface area contributed by atoms with Gasteiger partial charge in [-0.2, -0.15) is 0 Å². The van der Waals surface area contributed by atoms with Gasteiger partial charge in [-0.1, -0.05) is 12.8 Å². The van der Waals surface area contributed by atoms with Gasteiger partial charge < -0.3 is 16.0 Å². The molecule has 1 saturated carbocycles. The molecule has 4 nitrogen and oxygen atoms in total. The van der Waals surface area contributed by atoms with Gasteiger partial charge in [0, 0.05) is 34.7 Å². The Morgan fingerprint density at radius 3 is 2.95 bits per heavy atom. The van der Waals surface area contributed by atoms with Crippen molar-refractivity contribution in [3.63, 3.8) is 0 Å². The van der Waals surface area contributed by atoms with Crippen molar-refractivity contribution in [2.45, 2.75) is 37.8 Å². The normalized spacial score (nSPS) is 23.4. The lowest BCUT2D eigenvalue weighted by Gasteiger charge is -2.29. The third kappa shape index (κ3) is 2.49. The van der Waals surface area contributed by atoms with E-state index in [0.29, 0.717) is 5.56 Å².